The van der Waals surface area contributed by atoms with Gasteiger partial charge in [0.25, 0.3) is 0 Å². The highest BCUT2D eigenvalue weighted by atomic mass is 79.9. The average Bonchev–Trinajstić information content (AvgIpc) is 2.19. The summed E-state index contributed by atoms with van der Waals surface area (Å²) >= 11 is 4.74. The molecule has 0 aliphatic heterocycles. The molecule has 0 amide bonds. The van der Waals surface area contributed by atoms with Crippen molar-refractivity contribution in [1.82, 2.24) is 0 Å². The number of halogens is 1. The smallest absolute Gasteiger partial charge is 0.193 e. The first kappa shape index (κ1) is 9.80. The Morgan fingerprint density at radius 1 is 1.36 bits per heavy atom. The van der Waals surface area contributed by atoms with E-state index in [1.165, 1.54) is 17.8 Å². The molecule has 0 aliphatic rings. The molecule has 14 heavy (non-hydrogen) atoms. The summed E-state index contributed by atoms with van der Waals surface area (Å²) in [5.41, 5.74) is 0.627. The van der Waals surface area contributed by atoms with Gasteiger partial charge in [-0.1, -0.05) is 27.7 Å². The lowest BCUT2D eigenvalue weighted by Gasteiger charge is -1.99. The zero-order chi connectivity index (χ0) is 10.1. The summed E-state index contributed by atoms with van der Waals surface area (Å²) in [7, 11) is 0. The van der Waals surface area contributed by atoms with Gasteiger partial charge in [0.2, 0.25) is 0 Å². The number of thioether (sulfide) groups is 1. The molecule has 0 saturated carbocycles. The van der Waals surface area contributed by atoms with Gasteiger partial charge in [-0.25, -0.2) is 0 Å². The molecular weight excluding hydrogens is 264 g/mol. The molecule has 72 valence electrons. The van der Waals surface area contributed by atoms with Crippen molar-refractivity contribution >= 4 is 38.7 Å². The van der Waals surface area contributed by atoms with Crippen molar-refractivity contribution in [3.63, 3.8) is 0 Å². The van der Waals surface area contributed by atoms with Crippen molar-refractivity contribution in [2.45, 2.75) is 5.09 Å². The van der Waals surface area contributed by atoms with E-state index in [4.69, 9.17) is 4.42 Å². The molecule has 0 aliphatic carbocycles. The van der Waals surface area contributed by atoms with Crippen LogP contribution in [0, 0.1) is 0 Å². The van der Waals surface area contributed by atoms with Gasteiger partial charge in [0.15, 0.2) is 10.5 Å². The van der Waals surface area contributed by atoms with Crippen LogP contribution in [0.1, 0.15) is 0 Å². The Labute approximate surface area is 93.4 Å². The van der Waals surface area contributed by atoms with Crippen LogP contribution in [0.4, 0.5) is 0 Å². The van der Waals surface area contributed by atoms with E-state index < -0.39 is 0 Å². The van der Waals surface area contributed by atoms with Crippen molar-refractivity contribution in [2.75, 3.05) is 6.26 Å². The standard InChI is InChI=1S/C10H7BrO2S/c1-14-10-5-8(12)7-4-6(11)2-3-9(7)13-10/h2-5H,1H3. The van der Waals surface area contributed by atoms with E-state index >= 15 is 0 Å². The van der Waals surface area contributed by atoms with E-state index in [-0.39, 0.29) is 5.43 Å². The fraction of sp³-hybridized carbons (Fsp3) is 0.100. The van der Waals surface area contributed by atoms with E-state index in [0.717, 1.165) is 4.47 Å². The highest BCUT2D eigenvalue weighted by Crippen LogP contribution is 2.21. The molecule has 2 nitrogen and oxygen atoms in total. The third-order valence-electron chi connectivity index (χ3n) is 1.87. The Bertz CT molecular complexity index is 533. The van der Waals surface area contributed by atoms with Gasteiger partial charge in [-0.15, -0.1) is 0 Å². The molecule has 2 rings (SSSR count). The lowest BCUT2D eigenvalue weighted by atomic mass is 10.2. The Morgan fingerprint density at radius 2 is 2.14 bits per heavy atom. The molecular formula is C10H7BrO2S. The largest absolute Gasteiger partial charge is 0.450 e. The summed E-state index contributed by atoms with van der Waals surface area (Å²) in [5, 5.41) is 1.25. The van der Waals surface area contributed by atoms with Crippen molar-refractivity contribution in [1.29, 1.82) is 0 Å². The van der Waals surface area contributed by atoms with Crippen LogP contribution in [0.15, 0.2) is 43.0 Å². The molecule has 0 atom stereocenters. The van der Waals surface area contributed by atoms with Crippen LogP contribution in [-0.2, 0) is 0 Å². The van der Waals surface area contributed by atoms with Gasteiger partial charge in [-0.2, -0.15) is 0 Å². The van der Waals surface area contributed by atoms with Crippen LogP contribution in [0.5, 0.6) is 0 Å². The molecule has 1 aromatic heterocycles. The number of benzene rings is 1. The van der Waals surface area contributed by atoms with Crippen LogP contribution in [-0.4, -0.2) is 6.26 Å². The average molecular weight is 271 g/mol. The molecule has 1 heterocycles. The minimum Gasteiger partial charge on any atom is -0.450 e. The topological polar surface area (TPSA) is 30.2 Å². The summed E-state index contributed by atoms with van der Waals surface area (Å²) in [5.74, 6) is 0. The Morgan fingerprint density at radius 3 is 2.86 bits per heavy atom. The maximum absolute atomic E-state index is 11.6. The van der Waals surface area contributed by atoms with E-state index in [9.17, 15) is 4.79 Å². The molecule has 0 unspecified atom stereocenters. The summed E-state index contributed by atoms with van der Waals surface area (Å²) in [6.07, 6.45) is 1.88. The van der Waals surface area contributed by atoms with Crippen molar-refractivity contribution in [2.24, 2.45) is 0 Å². The molecule has 0 fully saturated rings. The minimum absolute atomic E-state index is 0.00287. The monoisotopic (exact) mass is 270 g/mol. The second kappa shape index (κ2) is 3.79. The van der Waals surface area contributed by atoms with E-state index in [1.54, 1.807) is 12.1 Å². The fourth-order valence-electron chi connectivity index (χ4n) is 1.21. The SMILES string of the molecule is CSc1cc(=O)c2cc(Br)ccc2o1. The van der Waals surface area contributed by atoms with Crippen LogP contribution in [0.25, 0.3) is 11.0 Å². The number of fused-ring (bicyclic) bond motifs is 1. The normalized spacial score (nSPS) is 10.7. The highest BCUT2D eigenvalue weighted by molar-refractivity contribution is 9.10. The summed E-state index contributed by atoms with van der Waals surface area (Å²) in [6, 6.07) is 6.93. The first-order chi connectivity index (χ1) is 6.70. The predicted molar refractivity (Wildman–Crippen MR) is 62.0 cm³/mol. The first-order valence-electron chi connectivity index (χ1n) is 3.98. The predicted octanol–water partition coefficient (Wildman–Crippen LogP) is 3.28. The molecule has 0 N–H and O–H groups in total. The van der Waals surface area contributed by atoms with E-state index in [1.807, 2.05) is 12.3 Å². The second-order valence-corrected chi connectivity index (χ2v) is 4.50. The van der Waals surface area contributed by atoms with Gasteiger partial charge in [-0.05, 0) is 24.5 Å². The van der Waals surface area contributed by atoms with Crippen LogP contribution < -0.4 is 5.43 Å². The molecule has 0 radical (unpaired) electrons. The van der Waals surface area contributed by atoms with Crippen molar-refractivity contribution < 1.29 is 4.42 Å². The molecule has 2 aromatic rings. The third kappa shape index (κ3) is 1.72. The molecule has 0 bridgehead atoms. The maximum atomic E-state index is 11.6. The Hall–Kier alpha value is -0.740. The number of hydrogen-bond acceptors (Lipinski definition) is 3. The first-order valence-corrected chi connectivity index (χ1v) is 6.00. The number of hydrogen-bond donors (Lipinski definition) is 0. The van der Waals surface area contributed by atoms with Gasteiger partial charge in [0.05, 0.1) is 5.39 Å². The van der Waals surface area contributed by atoms with Crippen LogP contribution in [0.2, 0.25) is 0 Å². The van der Waals surface area contributed by atoms with Crippen molar-refractivity contribution in [3.8, 4) is 0 Å². The van der Waals surface area contributed by atoms with Crippen LogP contribution in [0.3, 0.4) is 0 Å². The van der Waals surface area contributed by atoms with Gasteiger partial charge in [-0.3, -0.25) is 4.79 Å². The minimum atomic E-state index is -0.00287. The van der Waals surface area contributed by atoms with Crippen LogP contribution >= 0.6 is 27.7 Å². The fourth-order valence-corrected chi connectivity index (χ4v) is 1.97. The summed E-state index contributed by atoms with van der Waals surface area (Å²) in [6.45, 7) is 0. The third-order valence-corrected chi connectivity index (χ3v) is 2.96. The zero-order valence-electron chi connectivity index (χ0n) is 7.41. The zero-order valence-corrected chi connectivity index (χ0v) is 9.81. The Balaban J connectivity index is 2.83. The van der Waals surface area contributed by atoms with Gasteiger partial charge in [0.1, 0.15) is 5.58 Å². The highest BCUT2D eigenvalue weighted by Gasteiger charge is 2.03. The molecule has 1 aromatic carbocycles. The van der Waals surface area contributed by atoms with E-state index in [2.05, 4.69) is 15.9 Å². The van der Waals surface area contributed by atoms with Gasteiger partial charge < -0.3 is 4.42 Å². The maximum Gasteiger partial charge on any atom is 0.193 e. The summed E-state index contributed by atoms with van der Waals surface area (Å²) < 4.78 is 6.37. The quantitative estimate of drug-likeness (QED) is 0.745. The molecule has 4 heteroatoms. The van der Waals surface area contributed by atoms with Crippen molar-refractivity contribution in [3.05, 3.63) is 39.0 Å². The van der Waals surface area contributed by atoms with Gasteiger partial charge in [0, 0.05) is 10.5 Å². The lowest BCUT2D eigenvalue weighted by molar-refractivity contribution is 0.500. The van der Waals surface area contributed by atoms with Gasteiger partial charge >= 0.3 is 0 Å². The summed E-state index contributed by atoms with van der Waals surface area (Å²) in [4.78, 5) is 11.6. The second-order valence-electron chi connectivity index (χ2n) is 2.77. The van der Waals surface area contributed by atoms with E-state index in [0.29, 0.717) is 16.1 Å². The molecule has 0 spiro atoms. The molecule has 0 saturated heterocycles. The lowest BCUT2D eigenvalue weighted by Crippen LogP contribution is -1.99. The number of rotatable bonds is 1. The Kier molecular flexibility index (Phi) is 2.65.